The molecule has 1 N–H and O–H groups in total. The SMILES string of the molecule is O=C(CSc1ncnc2c1sc1cccc(F)c12)NCCCN1CCCC1. The Kier molecular flexibility index (Phi) is 5.85. The summed E-state index contributed by atoms with van der Waals surface area (Å²) in [6.07, 6.45) is 5.00. The lowest BCUT2D eigenvalue weighted by Gasteiger charge is -2.14. The van der Waals surface area contributed by atoms with E-state index < -0.39 is 0 Å². The molecule has 142 valence electrons. The van der Waals surface area contributed by atoms with E-state index in [-0.39, 0.29) is 11.7 Å². The largest absolute Gasteiger partial charge is 0.355 e. The number of thioether (sulfide) groups is 1. The molecule has 1 aliphatic heterocycles. The zero-order valence-corrected chi connectivity index (χ0v) is 16.5. The number of nitrogens with one attached hydrogen (secondary N) is 1. The third-order valence-corrected chi connectivity index (χ3v) is 6.98. The van der Waals surface area contributed by atoms with Crippen LogP contribution in [0.25, 0.3) is 20.3 Å². The van der Waals surface area contributed by atoms with Crippen molar-refractivity contribution in [3.05, 3.63) is 30.3 Å². The quantitative estimate of drug-likeness (QED) is 0.370. The van der Waals surface area contributed by atoms with Crippen molar-refractivity contribution in [1.82, 2.24) is 20.2 Å². The normalized spacial score (nSPS) is 15.0. The van der Waals surface area contributed by atoms with Crippen molar-refractivity contribution >= 4 is 49.3 Å². The molecule has 27 heavy (non-hydrogen) atoms. The first-order valence-electron chi connectivity index (χ1n) is 9.16. The number of halogens is 1. The van der Waals surface area contributed by atoms with E-state index >= 15 is 0 Å². The number of fused-ring (bicyclic) bond motifs is 3. The molecule has 1 fully saturated rings. The molecular weight excluding hydrogens is 383 g/mol. The number of nitrogens with zero attached hydrogens (tertiary/aromatic N) is 3. The Morgan fingerprint density at radius 2 is 2.15 bits per heavy atom. The van der Waals surface area contributed by atoms with E-state index in [1.54, 1.807) is 6.07 Å². The number of thiophene rings is 1. The van der Waals surface area contributed by atoms with Crippen LogP contribution in [0, 0.1) is 5.82 Å². The van der Waals surface area contributed by atoms with Crippen LogP contribution < -0.4 is 5.32 Å². The maximum Gasteiger partial charge on any atom is 0.230 e. The number of carbonyl (C=O) groups is 1. The minimum atomic E-state index is -0.274. The van der Waals surface area contributed by atoms with Crippen LogP contribution >= 0.6 is 23.1 Å². The monoisotopic (exact) mass is 404 g/mol. The molecule has 1 aliphatic rings. The standard InChI is InChI=1S/C19H21FN4OS2/c20-13-5-3-6-14-16(13)17-18(27-14)19(23-12-22-17)26-11-15(25)21-7-4-10-24-8-1-2-9-24/h3,5-6,12H,1-2,4,7-11H2,(H,21,25). The van der Waals surface area contributed by atoms with Crippen LogP contribution in [0.2, 0.25) is 0 Å². The second-order valence-electron chi connectivity index (χ2n) is 6.61. The number of hydrogen-bond acceptors (Lipinski definition) is 6. The van der Waals surface area contributed by atoms with Gasteiger partial charge in [-0.15, -0.1) is 11.3 Å². The molecule has 3 heterocycles. The zero-order chi connectivity index (χ0) is 18.6. The van der Waals surface area contributed by atoms with E-state index in [1.807, 2.05) is 6.07 Å². The number of carbonyl (C=O) groups excluding carboxylic acids is 1. The Labute approximate surface area is 165 Å². The summed E-state index contributed by atoms with van der Waals surface area (Å²) in [5.74, 6) is 0.0247. The molecule has 0 bridgehead atoms. The Balaban J connectivity index is 1.35. The first kappa shape index (κ1) is 18.6. The number of likely N-dealkylation sites (tertiary alicyclic amines) is 1. The van der Waals surface area contributed by atoms with Crippen molar-refractivity contribution in [2.75, 3.05) is 31.9 Å². The maximum absolute atomic E-state index is 14.2. The van der Waals surface area contributed by atoms with Crippen LogP contribution in [0.5, 0.6) is 0 Å². The van der Waals surface area contributed by atoms with Crippen molar-refractivity contribution in [3.63, 3.8) is 0 Å². The highest BCUT2D eigenvalue weighted by molar-refractivity contribution is 8.00. The highest BCUT2D eigenvalue weighted by Gasteiger charge is 2.15. The Morgan fingerprint density at radius 1 is 1.30 bits per heavy atom. The summed E-state index contributed by atoms with van der Waals surface area (Å²) >= 11 is 2.84. The van der Waals surface area contributed by atoms with Gasteiger partial charge in [-0.1, -0.05) is 17.8 Å². The summed E-state index contributed by atoms with van der Waals surface area (Å²) in [4.78, 5) is 23.1. The van der Waals surface area contributed by atoms with Crippen molar-refractivity contribution in [3.8, 4) is 0 Å². The number of amides is 1. The van der Waals surface area contributed by atoms with E-state index in [0.717, 1.165) is 27.4 Å². The summed E-state index contributed by atoms with van der Waals surface area (Å²) in [5, 5.41) is 4.24. The topological polar surface area (TPSA) is 58.1 Å². The first-order chi connectivity index (χ1) is 13.2. The van der Waals surface area contributed by atoms with E-state index in [0.29, 0.717) is 23.2 Å². The fraction of sp³-hybridized carbons (Fsp3) is 0.421. The van der Waals surface area contributed by atoms with Gasteiger partial charge in [0.15, 0.2) is 0 Å². The lowest BCUT2D eigenvalue weighted by Crippen LogP contribution is -2.29. The smallest absolute Gasteiger partial charge is 0.230 e. The highest BCUT2D eigenvalue weighted by Crippen LogP contribution is 2.38. The number of benzene rings is 1. The predicted octanol–water partition coefficient (Wildman–Crippen LogP) is 3.68. The minimum absolute atomic E-state index is 0.000441. The summed E-state index contributed by atoms with van der Waals surface area (Å²) in [6.45, 7) is 4.11. The molecule has 1 amide bonds. The fourth-order valence-electron chi connectivity index (χ4n) is 3.38. The Hall–Kier alpha value is -1.77. The molecule has 0 spiro atoms. The molecular formula is C19H21FN4OS2. The third-order valence-electron chi connectivity index (χ3n) is 4.71. The van der Waals surface area contributed by atoms with E-state index in [1.165, 1.54) is 61.4 Å². The molecule has 5 nitrogen and oxygen atoms in total. The maximum atomic E-state index is 14.2. The van der Waals surface area contributed by atoms with Crippen LogP contribution in [-0.2, 0) is 4.79 Å². The van der Waals surface area contributed by atoms with Gasteiger partial charge in [-0.2, -0.15) is 0 Å². The van der Waals surface area contributed by atoms with Crippen molar-refractivity contribution in [2.24, 2.45) is 0 Å². The van der Waals surface area contributed by atoms with Gasteiger partial charge in [0.25, 0.3) is 0 Å². The van der Waals surface area contributed by atoms with Crippen LogP contribution in [0.1, 0.15) is 19.3 Å². The molecule has 8 heteroatoms. The van der Waals surface area contributed by atoms with Gasteiger partial charge in [0.05, 0.1) is 21.4 Å². The zero-order valence-electron chi connectivity index (χ0n) is 14.9. The summed E-state index contributed by atoms with van der Waals surface area (Å²) in [5.41, 5.74) is 0.622. The van der Waals surface area contributed by atoms with Crippen molar-refractivity contribution in [2.45, 2.75) is 24.3 Å². The van der Waals surface area contributed by atoms with Gasteiger partial charge in [-0.05, 0) is 51.0 Å². The molecule has 0 atom stereocenters. The van der Waals surface area contributed by atoms with E-state index in [2.05, 4.69) is 20.2 Å². The average Bonchev–Trinajstić information content (AvgIpc) is 3.31. The molecule has 0 aliphatic carbocycles. The number of hydrogen-bond donors (Lipinski definition) is 1. The third kappa shape index (κ3) is 4.23. The highest BCUT2D eigenvalue weighted by atomic mass is 32.2. The van der Waals surface area contributed by atoms with Gasteiger partial charge in [0.2, 0.25) is 5.91 Å². The van der Waals surface area contributed by atoms with Crippen LogP contribution in [0.3, 0.4) is 0 Å². The number of rotatable bonds is 7. The minimum Gasteiger partial charge on any atom is -0.355 e. The molecule has 1 saturated heterocycles. The van der Waals surface area contributed by atoms with Gasteiger partial charge in [0, 0.05) is 11.2 Å². The second-order valence-corrected chi connectivity index (χ2v) is 8.63. The summed E-state index contributed by atoms with van der Waals surface area (Å²) in [6, 6.07) is 5.02. The lowest BCUT2D eigenvalue weighted by molar-refractivity contribution is -0.118. The van der Waals surface area contributed by atoms with Crippen molar-refractivity contribution in [1.29, 1.82) is 0 Å². The number of aromatic nitrogens is 2. The van der Waals surface area contributed by atoms with Crippen LogP contribution in [0.15, 0.2) is 29.6 Å². The van der Waals surface area contributed by atoms with E-state index in [9.17, 15) is 9.18 Å². The van der Waals surface area contributed by atoms with Crippen LogP contribution in [-0.4, -0.2) is 52.7 Å². The van der Waals surface area contributed by atoms with Gasteiger partial charge >= 0.3 is 0 Å². The second kappa shape index (κ2) is 8.50. The van der Waals surface area contributed by atoms with Gasteiger partial charge < -0.3 is 10.2 Å². The molecule has 0 saturated carbocycles. The lowest BCUT2D eigenvalue weighted by atomic mass is 10.2. The molecule has 1 aromatic carbocycles. The van der Waals surface area contributed by atoms with Crippen LogP contribution in [0.4, 0.5) is 4.39 Å². The summed E-state index contributed by atoms with van der Waals surface area (Å²) < 4.78 is 15.8. The predicted molar refractivity (Wildman–Crippen MR) is 109 cm³/mol. The molecule has 0 radical (unpaired) electrons. The van der Waals surface area contributed by atoms with Crippen molar-refractivity contribution < 1.29 is 9.18 Å². The van der Waals surface area contributed by atoms with Gasteiger partial charge in [-0.3, -0.25) is 4.79 Å². The Bertz CT molecular complexity index is 955. The van der Waals surface area contributed by atoms with E-state index in [4.69, 9.17) is 0 Å². The molecule has 2 aromatic heterocycles. The van der Waals surface area contributed by atoms with Gasteiger partial charge in [0.1, 0.15) is 17.2 Å². The first-order valence-corrected chi connectivity index (χ1v) is 11.0. The fourth-order valence-corrected chi connectivity index (χ4v) is 5.46. The molecule has 0 unspecified atom stereocenters. The Morgan fingerprint density at radius 3 is 3.00 bits per heavy atom. The summed E-state index contributed by atoms with van der Waals surface area (Å²) in [7, 11) is 0. The molecule has 4 rings (SSSR count). The van der Waals surface area contributed by atoms with Gasteiger partial charge in [-0.25, -0.2) is 14.4 Å². The average molecular weight is 405 g/mol. The molecule has 3 aromatic rings.